The fraction of sp³-hybridized carbons (Fsp3) is 0.600. The molecule has 2 aliphatic rings. The van der Waals surface area contributed by atoms with E-state index in [9.17, 15) is 24.3 Å². The van der Waals surface area contributed by atoms with E-state index in [4.69, 9.17) is 0 Å². The molecule has 3 heterocycles. The molecular formula is C15H20N4O5. The number of carbonyl (C=O) groups excluding carboxylic acids is 1. The summed E-state index contributed by atoms with van der Waals surface area (Å²) in [6.45, 7) is 1.64. The molecule has 0 radical (unpaired) electrons. The van der Waals surface area contributed by atoms with Crippen LogP contribution in [-0.2, 0) is 4.79 Å². The maximum atomic E-state index is 12.5. The van der Waals surface area contributed by atoms with E-state index in [-0.39, 0.29) is 11.0 Å². The highest BCUT2D eigenvalue weighted by Crippen LogP contribution is 2.42. The van der Waals surface area contributed by atoms with Crippen molar-refractivity contribution in [2.75, 3.05) is 26.7 Å². The number of piperidine rings is 1. The zero-order valence-electron chi connectivity index (χ0n) is 13.4. The molecule has 9 nitrogen and oxygen atoms in total. The number of carbonyl (C=O) groups is 2. The van der Waals surface area contributed by atoms with Crippen molar-refractivity contribution in [1.29, 1.82) is 0 Å². The van der Waals surface area contributed by atoms with Crippen molar-refractivity contribution >= 4 is 11.9 Å². The molecule has 0 bridgehead atoms. The smallest absolute Gasteiger partial charge is 0.325 e. The van der Waals surface area contributed by atoms with Crippen molar-refractivity contribution in [3.05, 3.63) is 32.6 Å². The Labute approximate surface area is 137 Å². The number of hydrogen-bond donors (Lipinski definition) is 3. The highest BCUT2D eigenvalue weighted by atomic mass is 16.4. The van der Waals surface area contributed by atoms with Crippen molar-refractivity contribution in [3.63, 3.8) is 0 Å². The average Bonchev–Trinajstić information content (AvgIpc) is 2.84. The van der Waals surface area contributed by atoms with Crippen LogP contribution in [-0.4, -0.2) is 69.5 Å². The number of aromatic amines is 2. The Morgan fingerprint density at radius 2 is 1.96 bits per heavy atom. The number of carboxylic acid groups (broad SMARTS) is 1. The molecule has 0 aliphatic carbocycles. The Morgan fingerprint density at radius 1 is 1.29 bits per heavy atom. The number of aromatic nitrogens is 2. The van der Waals surface area contributed by atoms with Crippen LogP contribution in [0.5, 0.6) is 0 Å². The molecule has 1 amide bonds. The summed E-state index contributed by atoms with van der Waals surface area (Å²) in [5.74, 6) is -1.23. The first kappa shape index (κ1) is 16.4. The Bertz CT molecular complexity index is 775. The lowest BCUT2D eigenvalue weighted by Gasteiger charge is -2.39. The van der Waals surface area contributed by atoms with E-state index in [1.807, 2.05) is 16.9 Å². The summed E-state index contributed by atoms with van der Waals surface area (Å²) in [6, 6.07) is -0.478. The van der Waals surface area contributed by atoms with E-state index < -0.39 is 29.2 Å². The normalized spacial score (nSPS) is 23.5. The Hall–Kier alpha value is -2.42. The van der Waals surface area contributed by atoms with Gasteiger partial charge in [0.15, 0.2) is 0 Å². The molecule has 1 atom stereocenters. The van der Waals surface area contributed by atoms with Crippen LogP contribution in [0.25, 0.3) is 0 Å². The van der Waals surface area contributed by atoms with E-state index in [2.05, 4.69) is 4.98 Å². The summed E-state index contributed by atoms with van der Waals surface area (Å²) in [7, 11) is 1.81. The lowest BCUT2D eigenvalue weighted by atomic mass is 9.76. The van der Waals surface area contributed by atoms with E-state index in [0.717, 1.165) is 6.20 Å². The summed E-state index contributed by atoms with van der Waals surface area (Å²) in [6.07, 6.45) is 3.13. The molecule has 1 aromatic heterocycles. The first-order valence-corrected chi connectivity index (χ1v) is 7.86. The fourth-order valence-corrected chi connectivity index (χ4v) is 3.83. The molecule has 2 fully saturated rings. The van der Waals surface area contributed by atoms with Gasteiger partial charge < -0.3 is 15.0 Å². The minimum absolute atomic E-state index is 0.0856. The SMILES string of the molecule is CN1CC2(CCN(C(=O)c3c[nH]c(=O)[nH]c3=O)CC2)CC1C(=O)O. The van der Waals surface area contributed by atoms with Gasteiger partial charge in [0.25, 0.3) is 11.5 Å². The number of hydrogen-bond acceptors (Lipinski definition) is 5. The number of rotatable bonds is 2. The predicted octanol–water partition coefficient (Wildman–Crippen LogP) is -0.926. The molecule has 0 saturated carbocycles. The quantitative estimate of drug-likeness (QED) is 0.641. The van der Waals surface area contributed by atoms with Crippen molar-refractivity contribution in [1.82, 2.24) is 19.8 Å². The Kier molecular flexibility index (Phi) is 4.04. The van der Waals surface area contributed by atoms with Gasteiger partial charge in [-0.1, -0.05) is 0 Å². The van der Waals surface area contributed by atoms with Crippen molar-refractivity contribution in [2.24, 2.45) is 5.41 Å². The van der Waals surface area contributed by atoms with E-state index in [1.165, 1.54) is 0 Å². The van der Waals surface area contributed by atoms with Crippen LogP contribution in [0.1, 0.15) is 29.6 Å². The fourth-order valence-electron chi connectivity index (χ4n) is 3.83. The van der Waals surface area contributed by atoms with Gasteiger partial charge in [-0.2, -0.15) is 0 Å². The number of amides is 1. The molecule has 1 unspecified atom stereocenters. The molecule has 0 aromatic carbocycles. The zero-order chi connectivity index (χ0) is 17.5. The molecule has 24 heavy (non-hydrogen) atoms. The highest BCUT2D eigenvalue weighted by molar-refractivity contribution is 5.93. The van der Waals surface area contributed by atoms with Crippen LogP contribution in [0.2, 0.25) is 0 Å². The molecule has 9 heteroatoms. The number of nitrogens with one attached hydrogen (secondary N) is 2. The maximum Gasteiger partial charge on any atom is 0.325 e. The summed E-state index contributed by atoms with van der Waals surface area (Å²) in [4.78, 5) is 54.3. The second-order valence-electron chi connectivity index (χ2n) is 6.75. The molecule has 2 aliphatic heterocycles. The second-order valence-corrected chi connectivity index (χ2v) is 6.75. The lowest BCUT2D eigenvalue weighted by Crippen LogP contribution is -2.45. The van der Waals surface area contributed by atoms with Crippen molar-refractivity contribution in [3.8, 4) is 0 Å². The van der Waals surface area contributed by atoms with Crippen molar-refractivity contribution in [2.45, 2.75) is 25.3 Å². The van der Waals surface area contributed by atoms with E-state index >= 15 is 0 Å². The van der Waals surface area contributed by atoms with Gasteiger partial charge in [0, 0.05) is 25.8 Å². The number of likely N-dealkylation sites (N-methyl/N-ethyl adjacent to an activating group) is 1. The Morgan fingerprint density at radius 3 is 2.50 bits per heavy atom. The lowest BCUT2D eigenvalue weighted by molar-refractivity contribution is -0.141. The van der Waals surface area contributed by atoms with Gasteiger partial charge in [0.05, 0.1) is 0 Å². The standard InChI is InChI=1S/C15H20N4O5/c1-18-8-15(6-10(18)13(22)23)2-4-19(5-3-15)12(21)9-7-16-14(24)17-11(9)20/h7,10H,2-6,8H2,1H3,(H,22,23)(H2,16,17,20,24). The zero-order valence-corrected chi connectivity index (χ0v) is 13.4. The molecule has 2 saturated heterocycles. The summed E-state index contributed by atoms with van der Waals surface area (Å²) in [5.41, 5.74) is -1.53. The number of likely N-dealkylation sites (tertiary alicyclic amines) is 2. The van der Waals surface area contributed by atoms with Gasteiger partial charge in [0.2, 0.25) is 0 Å². The number of nitrogens with zero attached hydrogens (tertiary/aromatic N) is 2. The van der Waals surface area contributed by atoms with Gasteiger partial charge >= 0.3 is 11.7 Å². The van der Waals surface area contributed by atoms with Crippen molar-refractivity contribution < 1.29 is 14.7 Å². The van der Waals surface area contributed by atoms with E-state index in [0.29, 0.717) is 38.9 Å². The van der Waals surface area contributed by atoms with Crippen LogP contribution in [0, 0.1) is 5.41 Å². The first-order valence-electron chi connectivity index (χ1n) is 7.86. The molecule has 3 rings (SSSR count). The third kappa shape index (κ3) is 2.86. The van der Waals surface area contributed by atoms with Gasteiger partial charge in [-0.15, -0.1) is 0 Å². The number of carboxylic acids is 1. The van der Waals surface area contributed by atoms with Crippen LogP contribution >= 0.6 is 0 Å². The van der Waals surface area contributed by atoms with Gasteiger partial charge in [0.1, 0.15) is 11.6 Å². The first-order chi connectivity index (χ1) is 11.3. The Balaban J connectivity index is 1.69. The molecular weight excluding hydrogens is 316 g/mol. The summed E-state index contributed by atoms with van der Waals surface area (Å²) >= 11 is 0. The maximum absolute atomic E-state index is 12.5. The summed E-state index contributed by atoms with van der Waals surface area (Å²) < 4.78 is 0. The number of H-pyrrole nitrogens is 2. The van der Waals surface area contributed by atoms with Crippen LogP contribution in [0.4, 0.5) is 0 Å². The third-order valence-corrected chi connectivity index (χ3v) is 5.19. The second kappa shape index (κ2) is 5.90. The van der Waals surface area contributed by atoms with Crippen LogP contribution in [0.3, 0.4) is 0 Å². The average molecular weight is 336 g/mol. The molecule has 3 N–H and O–H groups in total. The minimum atomic E-state index is -0.812. The predicted molar refractivity (Wildman–Crippen MR) is 83.9 cm³/mol. The van der Waals surface area contributed by atoms with Crippen LogP contribution in [0.15, 0.2) is 15.8 Å². The minimum Gasteiger partial charge on any atom is -0.480 e. The number of aliphatic carboxylic acids is 1. The van der Waals surface area contributed by atoms with E-state index in [1.54, 1.807) is 4.90 Å². The van der Waals surface area contributed by atoms with Crippen LogP contribution < -0.4 is 11.2 Å². The monoisotopic (exact) mass is 336 g/mol. The highest BCUT2D eigenvalue weighted by Gasteiger charge is 2.47. The third-order valence-electron chi connectivity index (χ3n) is 5.19. The summed E-state index contributed by atoms with van der Waals surface area (Å²) in [5, 5.41) is 9.27. The molecule has 1 spiro atoms. The molecule has 130 valence electrons. The van der Waals surface area contributed by atoms with Gasteiger partial charge in [-0.3, -0.25) is 24.3 Å². The molecule has 1 aromatic rings. The largest absolute Gasteiger partial charge is 0.480 e. The topological polar surface area (TPSA) is 127 Å². The van der Waals surface area contributed by atoms with Gasteiger partial charge in [-0.25, -0.2) is 4.79 Å². The van der Waals surface area contributed by atoms with Gasteiger partial charge in [-0.05, 0) is 31.7 Å².